The van der Waals surface area contributed by atoms with Crippen LogP contribution in [0.1, 0.15) is 69.2 Å². The summed E-state index contributed by atoms with van der Waals surface area (Å²) in [6.07, 6.45) is 7.34. The topological polar surface area (TPSA) is 84.5 Å². The number of hydrogen-bond donors (Lipinski definition) is 2. The van der Waals surface area contributed by atoms with Crippen molar-refractivity contribution in [3.63, 3.8) is 0 Å². The molecule has 2 rings (SSSR count). The molecule has 0 aliphatic heterocycles. The van der Waals surface area contributed by atoms with Gasteiger partial charge in [-0.1, -0.05) is 39.5 Å². The molecule has 1 aromatic rings. The first-order chi connectivity index (χ1) is 12.8. The molecule has 1 aliphatic carbocycles. The molecule has 0 spiro atoms. The number of amides is 1. The van der Waals surface area contributed by atoms with Crippen LogP contribution in [0.15, 0.2) is 23.1 Å². The average Bonchev–Trinajstić information content (AvgIpc) is 3.43. The minimum Gasteiger partial charge on any atom is -0.495 e. The Bertz CT molecular complexity index is 727. The van der Waals surface area contributed by atoms with Crippen molar-refractivity contribution in [3.8, 4) is 5.75 Å². The Morgan fingerprint density at radius 3 is 2.52 bits per heavy atom. The number of ether oxygens (including phenoxy) is 1. The molecule has 1 aromatic carbocycles. The maximum atomic E-state index is 12.5. The van der Waals surface area contributed by atoms with Crippen molar-refractivity contribution in [2.24, 2.45) is 5.92 Å². The van der Waals surface area contributed by atoms with Gasteiger partial charge in [-0.2, -0.15) is 0 Å². The minimum atomic E-state index is -3.69. The highest BCUT2D eigenvalue weighted by Gasteiger charge is 2.30. The van der Waals surface area contributed by atoms with E-state index in [9.17, 15) is 13.2 Å². The van der Waals surface area contributed by atoms with Crippen LogP contribution in [-0.4, -0.2) is 34.0 Å². The first kappa shape index (κ1) is 21.7. The summed E-state index contributed by atoms with van der Waals surface area (Å²) >= 11 is 0. The van der Waals surface area contributed by atoms with Crippen molar-refractivity contribution in [3.05, 3.63) is 23.8 Å². The van der Waals surface area contributed by atoms with Crippen molar-refractivity contribution in [2.45, 2.75) is 69.7 Å². The maximum Gasteiger partial charge on any atom is 0.251 e. The molecule has 1 saturated carbocycles. The quantitative estimate of drug-likeness (QED) is 0.530. The van der Waals surface area contributed by atoms with Gasteiger partial charge < -0.3 is 10.1 Å². The van der Waals surface area contributed by atoms with E-state index in [-0.39, 0.29) is 22.6 Å². The van der Waals surface area contributed by atoms with Gasteiger partial charge in [0.05, 0.1) is 7.11 Å². The zero-order valence-corrected chi connectivity index (χ0v) is 17.4. The van der Waals surface area contributed by atoms with Gasteiger partial charge >= 0.3 is 0 Å². The number of unbranched alkanes of at least 4 members (excludes halogenated alkanes) is 3. The summed E-state index contributed by atoms with van der Waals surface area (Å²) in [4.78, 5) is 12.4. The van der Waals surface area contributed by atoms with E-state index in [2.05, 4.69) is 23.9 Å². The molecule has 1 aliphatic rings. The normalized spacial score (nSPS) is 14.4. The van der Waals surface area contributed by atoms with E-state index in [0.29, 0.717) is 12.1 Å². The molecule has 7 heteroatoms. The molecule has 0 aromatic heterocycles. The molecule has 0 unspecified atom stereocenters. The van der Waals surface area contributed by atoms with Crippen molar-refractivity contribution in [2.75, 3.05) is 13.7 Å². The van der Waals surface area contributed by atoms with Gasteiger partial charge in [0, 0.05) is 18.2 Å². The first-order valence-corrected chi connectivity index (χ1v) is 11.3. The second-order valence-corrected chi connectivity index (χ2v) is 9.30. The van der Waals surface area contributed by atoms with Gasteiger partial charge in [0.25, 0.3) is 5.91 Å². The van der Waals surface area contributed by atoms with E-state index >= 15 is 0 Å². The lowest BCUT2D eigenvalue weighted by Crippen LogP contribution is -2.28. The summed E-state index contributed by atoms with van der Waals surface area (Å²) in [5.41, 5.74) is 0.326. The Balaban J connectivity index is 1.89. The number of hydrogen-bond acceptors (Lipinski definition) is 4. The van der Waals surface area contributed by atoms with E-state index in [0.717, 1.165) is 31.6 Å². The minimum absolute atomic E-state index is 0.00659. The number of carbonyl (C=O) groups is 1. The van der Waals surface area contributed by atoms with Gasteiger partial charge in [-0.25, -0.2) is 13.1 Å². The third kappa shape index (κ3) is 7.14. The zero-order valence-electron chi connectivity index (χ0n) is 16.6. The monoisotopic (exact) mass is 396 g/mol. The smallest absolute Gasteiger partial charge is 0.251 e. The molecule has 0 radical (unpaired) electrons. The Hall–Kier alpha value is -1.60. The molecule has 27 heavy (non-hydrogen) atoms. The molecule has 6 nitrogen and oxygen atoms in total. The molecular weight excluding hydrogens is 364 g/mol. The second kappa shape index (κ2) is 10.1. The highest BCUT2D eigenvalue weighted by atomic mass is 32.2. The fourth-order valence-electron chi connectivity index (χ4n) is 2.85. The van der Waals surface area contributed by atoms with Crippen molar-refractivity contribution in [1.29, 1.82) is 0 Å². The summed E-state index contributed by atoms with van der Waals surface area (Å²) in [5.74, 6) is 0.715. The summed E-state index contributed by atoms with van der Waals surface area (Å²) < 4.78 is 32.8. The van der Waals surface area contributed by atoms with Crippen LogP contribution in [0.3, 0.4) is 0 Å². The van der Waals surface area contributed by atoms with Crippen LogP contribution >= 0.6 is 0 Å². The number of methoxy groups -OCH3 is 1. The molecule has 2 N–H and O–H groups in total. The molecule has 0 heterocycles. The Morgan fingerprint density at radius 2 is 1.89 bits per heavy atom. The predicted molar refractivity (Wildman–Crippen MR) is 107 cm³/mol. The van der Waals surface area contributed by atoms with Crippen LogP contribution < -0.4 is 14.8 Å². The number of carbonyl (C=O) groups excluding carboxylic acids is 1. The van der Waals surface area contributed by atoms with Crippen LogP contribution in [0.4, 0.5) is 0 Å². The fourth-order valence-corrected chi connectivity index (χ4v) is 4.35. The van der Waals surface area contributed by atoms with Gasteiger partial charge in [-0.3, -0.25) is 4.79 Å². The average molecular weight is 397 g/mol. The predicted octanol–water partition coefficient (Wildman–Crippen LogP) is 3.47. The highest BCUT2D eigenvalue weighted by Crippen LogP contribution is 2.28. The van der Waals surface area contributed by atoms with Crippen LogP contribution in [0.5, 0.6) is 5.75 Å². The number of nitrogens with one attached hydrogen (secondary N) is 2. The van der Waals surface area contributed by atoms with Crippen LogP contribution in [0.25, 0.3) is 0 Å². The molecule has 0 saturated heterocycles. The summed E-state index contributed by atoms with van der Waals surface area (Å²) in [6, 6.07) is 4.50. The standard InChI is InChI=1S/C20H32N2O4S/c1-15(2)8-6-4-5-7-13-21-20(23)16-9-12-18(26-3)19(14-16)27(24,25)22-17-10-11-17/h9,12,14-15,17,22H,4-8,10-11,13H2,1-3H3,(H,21,23). The molecule has 0 bridgehead atoms. The Kier molecular flexibility index (Phi) is 8.10. The van der Waals surface area contributed by atoms with Gasteiger partial charge in [0.1, 0.15) is 10.6 Å². The molecule has 1 fully saturated rings. The van der Waals surface area contributed by atoms with E-state index in [1.165, 1.54) is 38.5 Å². The summed E-state index contributed by atoms with van der Waals surface area (Å²) in [6.45, 7) is 5.04. The van der Waals surface area contributed by atoms with Crippen LogP contribution in [0.2, 0.25) is 0 Å². The largest absolute Gasteiger partial charge is 0.495 e. The van der Waals surface area contributed by atoms with Gasteiger partial charge in [-0.05, 0) is 43.4 Å². The molecule has 1 amide bonds. The van der Waals surface area contributed by atoms with Crippen LogP contribution in [-0.2, 0) is 10.0 Å². The van der Waals surface area contributed by atoms with E-state index in [1.807, 2.05) is 0 Å². The van der Waals surface area contributed by atoms with Crippen molar-refractivity contribution < 1.29 is 17.9 Å². The fraction of sp³-hybridized carbons (Fsp3) is 0.650. The lowest BCUT2D eigenvalue weighted by Gasteiger charge is -2.12. The van der Waals surface area contributed by atoms with E-state index in [1.54, 1.807) is 6.07 Å². The van der Waals surface area contributed by atoms with Crippen molar-refractivity contribution in [1.82, 2.24) is 10.0 Å². The van der Waals surface area contributed by atoms with E-state index in [4.69, 9.17) is 4.74 Å². The summed E-state index contributed by atoms with van der Waals surface area (Å²) in [5, 5.41) is 2.87. The molecule has 152 valence electrons. The second-order valence-electron chi connectivity index (χ2n) is 7.61. The summed E-state index contributed by atoms with van der Waals surface area (Å²) in [7, 11) is -2.27. The SMILES string of the molecule is COc1ccc(C(=O)NCCCCCCC(C)C)cc1S(=O)(=O)NC1CC1. The zero-order chi connectivity index (χ0) is 19.9. The Morgan fingerprint density at radius 1 is 1.19 bits per heavy atom. The molecule has 0 atom stereocenters. The van der Waals surface area contributed by atoms with Gasteiger partial charge in [0.2, 0.25) is 10.0 Å². The first-order valence-electron chi connectivity index (χ1n) is 9.82. The Labute approximate surface area is 163 Å². The highest BCUT2D eigenvalue weighted by molar-refractivity contribution is 7.89. The van der Waals surface area contributed by atoms with Crippen molar-refractivity contribution >= 4 is 15.9 Å². The lowest BCUT2D eigenvalue weighted by molar-refractivity contribution is 0.0952. The number of sulfonamides is 1. The van der Waals surface area contributed by atoms with E-state index < -0.39 is 10.0 Å². The maximum absolute atomic E-state index is 12.5. The van der Waals surface area contributed by atoms with Gasteiger partial charge in [0.15, 0.2) is 0 Å². The number of benzene rings is 1. The van der Waals surface area contributed by atoms with Gasteiger partial charge in [-0.15, -0.1) is 0 Å². The third-order valence-electron chi connectivity index (χ3n) is 4.61. The molecular formula is C20H32N2O4S. The third-order valence-corrected chi connectivity index (χ3v) is 6.15. The van der Waals surface area contributed by atoms with Crippen LogP contribution in [0, 0.1) is 5.92 Å². The lowest BCUT2D eigenvalue weighted by atomic mass is 10.0. The number of rotatable bonds is 12.